The normalized spacial score (nSPS) is 20.8. The van der Waals surface area contributed by atoms with Crippen LogP contribution >= 0.6 is 11.6 Å². The lowest BCUT2D eigenvalue weighted by molar-refractivity contribution is 0.126. The molecule has 0 aromatic rings. The van der Waals surface area contributed by atoms with E-state index in [0.29, 0.717) is 16.4 Å². The van der Waals surface area contributed by atoms with Gasteiger partial charge in [-0.1, -0.05) is 0 Å². The summed E-state index contributed by atoms with van der Waals surface area (Å²) in [5.74, 6) is 0.120. The molecule has 1 heterocycles. The van der Waals surface area contributed by atoms with E-state index >= 15 is 0 Å². The Balaban J connectivity index is 2.47. The molecule has 1 rings (SSSR count). The molecule has 1 aliphatic rings. The zero-order valence-corrected chi connectivity index (χ0v) is 11.3. The van der Waals surface area contributed by atoms with E-state index in [2.05, 4.69) is 15.6 Å². The first-order valence-corrected chi connectivity index (χ1v) is 6.19. The predicted molar refractivity (Wildman–Crippen MR) is 71.7 cm³/mol. The first kappa shape index (κ1) is 15.4. The molecule has 0 bridgehead atoms. The summed E-state index contributed by atoms with van der Waals surface area (Å²) in [7, 11) is 0. The molecule has 0 aromatic carbocycles. The number of rotatable bonds is 5. The van der Waals surface area contributed by atoms with E-state index in [1.165, 1.54) is 0 Å². The molecule has 3 N–H and O–H groups in total. The Morgan fingerprint density at radius 3 is 3.05 bits per heavy atom. The number of urea groups is 1. The molecule has 0 aliphatic carbocycles. The number of amides is 2. The van der Waals surface area contributed by atoms with E-state index in [-0.39, 0.29) is 31.8 Å². The predicted octanol–water partition coefficient (Wildman–Crippen LogP) is 0.578. The smallest absolute Gasteiger partial charge is 0.341 e. The fourth-order valence-corrected chi connectivity index (χ4v) is 1.54. The molecule has 8 nitrogen and oxygen atoms in total. The van der Waals surface area contributed by atoms with Gasteiger partial charge in [-0.15, -0.1) is 16.5 Å². The number of nitrogens with zero attached hydrogens (tertiary/aromatic N) is 3. The fourth-order valence-electron chi connectivity index (χ4n) is 1.38. The molecule has 0 fully saturated rings. The Hall–Kier alpha value is -1.67. The molecule has 1 unspecified atom stereocenters. The first-order chi connectivity index (χ1) is 9.08. The van der Waals surface area contributed by atoms with Crippen LogP contribution in [0, 0.1) is 4.91 Å². The number of halogens is 1. The number of ether oxygens (including phenoxy) is 1. The van der Waals surface area contributed by atoms with Gasteiger partial charge in [0.15, 0.2) is 0 Å². The van der Waals surface area contributed by atoms with Crippen LogP contribution in [0.15, 0.2) is 22.1 Å². The van der Waals surface area contributed by atoms with Crippen LogP contribution in [0.25, 0.3) is 0 Å². The van der Waals surface area contributed by atoms with Gasteiger partial charge < -0.3 is 15.8 Å². The highest BCUT2D eigenvalue weighted by Crippen LogP contribution is 2.06. The molecule has 2 amide bonds. The summed E-state index contributed by atoms with van der Waals surface area (Å²) < 4.78 is 5.33. The third-order valence-electron chi connectivity index (χ3n) is 2.36. The maximum atomic E-state index is 11.5. The van der Waals surface area contributed by atoms with Crippen LogP contribution < -0.4 is 11.1 Å². The molecule has 0 saturated carbocycles. The molecule has 0 aromatic heterocycles. The quantitative estimate of drug-likeness (QED) is 0.438. The van der Waals surface area contributed by atoms with Crippen LogP contribution in [0.5, 0.6) is 0 Å². The second-order valence-corrected chi connectivity index (χ2v) is 4.15. The van der Waals surface area contributed by atoms with E-state index in [0.717, 1.165) is 0 Å². The molecule has 0 radical (unpaired) electrons. The number of nitroso groups, excluding NO2 is 1. The first-order valence-electron chi connectivity index (χ1n) is 5.65. The zero-order valence-electron chi connectivity index (χ0n) is 10.5. The van der Waals surface area contributed by atoms with Crippen molar-refractivity contribution in [2.45, 2.75) is 13.0 Å². The standard InChI is InChI=1S/C10H16ClN5O3/c1-7-4-8(12)9(5-19-7)13-6-14-10(17)16(15-18)3-2-11/h4,7H,2-3,5-6,12H2,1H3,(H,14,17). The van der Waals surface area contributed by atoms with Gasteiger partial charge in [-0.25, -0.2) is 4.79 Å². The number of carbonyl (C=O) groups excluding carboxylic acids is 1. The molecule has 1 aliphatic heterocycles. The molecular formula is C10H16ClN5O3. The molecule has 0 spiro atoms. The van der Waals surface area contributed by atoms with E-state index < -0.39 is 6.03 Å². The summed E-state index contributed by atoms with van der Waals surface area (Å²) in [5.41, 5.74) is 6.84. The van der Waals surface area contributed by atoms with Crippen LogP contribution in [0.3, 0.4) is 0 Å². The van der Waals surface area contributed by atoms with Crippen LogP contribution in [0.4, 0.5) is 4.79 Å². The Kier molecular flexibility index (Phi) is 6.23. The monoisotopic (exact) mass is 289 g/mol. The zero-order chi connectivity index (χ0) is 14.3. The van der Waals surface area contributed by atoms with Crippen molar-refractivity contribution in [1.82, 2.24) is 10.3 Å². The van der Waals surface area contributed by atoms with Crippen LogP contribution in [-0.4, -0.2) is 48.6 Å². The van der Waals surface area contributed by atoms with Crippen molar-refractivity contribution in [2.75, 3.05) is 25.7 Å². The minimum absolute atomic E-state index is 0.0191. The Morgan fingerprint density at radius 2 is 2.47 bits per heavy atom. The molecular weight excluding hydrogens is 274 g/mol. The Morgan fingerprint density at radius 1 is 1.74 bits per heavy atom. The van der Waals surface area contributed by atoms with Gasteiger partial charge in [-0.3, -0.25) is 4.99 Å². The van der Waals surface area contributed by atoms with Crippen molar-refractivity contribution in [2.24, 2.45) is 16.0 Å². The van der Waals surface area contributed by atoms with Crippen LogP contribution in [0.2, 0.25) is 0 Å². The average molecular weight is 290 g/mol. The second-order valence-electron chi connectivity index (χ2n) is 3.78. The summed E-state index contributed by atoms with van der Waals surface area (Å²) in [6.45, 7) is 2.17. The Labute approximate surface area is 115 Å². The number of hydrogen-bond donors (Lipinski definition) is 2. The summed E-state index contributed by atoms with van der Waals surface area (Å²) >= 11 is 5.42. The fraction of sp³-hybridized carbons (Fsp3) is 0.600. The number of nitrogens with one attached hydrogen (secondary N) is 1. The number of hydrogen-bond acceptors (Lipinski definition) is 6. The minimum atomic E-state index is -0.660. The summed E-state index contributed by atoms with van der Waals surface area (Å²) in [6, 6.07) is -0.660. The lowest BCUT2D eigenvalue weighted by Crippen LogP contribution is -2.38. The largest absolute Gasteiger partial charge is 0.397 e. The third kappa shape index (κ3) is 4.84. The highest BCUT2D eigenvalue weighted by Gasteiger charge is 2.15. The van der Waals surface area contributed by atoms with E-state index in [1.807, 2.05) is 6.92 Å². The topological polar surface area (TPSA) is 109 Å². The van der Waals surface area contributed by atoms with Gasteiger partial charge in [0.1, 0.15) is 6.67 Å². The van der Waals surface area contributed by atoms with Crippen molar-refractivity contribution < 1.29 is 9.53 Å². The molecule has 19 heavy (non-hydrogen) atoms. The van der Waals surface area contributed by atoms with Gasteiger partial charge >= 0.3 is 6.03 Å². The van der Waals surface area contributed by atoms with Gasteiger partial charge in [0.05, 0.1) is 36.0 Å². The number of alkyl halides is 1. The SMILES string of the molecule is CC1C=C(N)C(=NCNC(=O)N(CCCl)N=O)CO1. The number of nitrogens with two attached hydrogens (primary N) is 1. The van der Waals surface area contributed by atoms with Gasteiger partial charge in [0, 0.05) is 5.88 Å². The van der Waals surface area contributed by atoms with Crippen molar-refractivity contribution in [1.29, 1.82) is 0 Å². The van der Waals surface area contributed by atoms with Crippen molar-refractivity contribution in [3.8, 4) is 0 Å². The van der Waals surface area contributed by atoms with Crippen LogP contribution in [-0.2, 0) is 4.74 Å². The lowest BCUT2D eigenvalue weighted by atomic mass is 10.2. The van der Waals surface area contributed by atoms with Crippen molar-refractivity contribution in [3.63, 3.8) is 0 Å². The van der Waals surface area contributed by atoms with E-state index in [1.54, 1.807) is 6.08 Å². The minimum Gasteiger partial charge on any atom is -0.397 e. The van der Waals surface area contributed by atoms with Gasteiger partial charge in [-0.05, 0) is 13.0 Å². The van der Waals surface area contributed by atoms with Gasteiger partial charge in [-0.2, -0.15) is 5.01 Å². The van der Waals surface area contributed by atoms with Crippen molar-refractivity contribution in [3.05, 3.63) is 16.7 Å². The highest BCUT2D eigenvalue weighted by molar-refractivity contribution is 6.18. The second kappa shape index (κ2) is 7.70. The number of carbonyl (C=O) groups is 1. The van der Waals surface area contributed by atoms with Crippen molar-refractivity contribution >= 4 is 23.3 Å². The summed E-state index contributed by atoms with van der Waals surface area (Å²) in [6.07, 6.45) is 1.68. The van der Waals surface area contributed by atoms with E-state index in [9.17, 15) is 9.70 Å². The number of aliphatic imine (C=N–C) groups is 1. The third-order valence-corrected chi connectivity index (χ3v) is 2.53. The Bertz CT molecular complexity index is 399. The summed E-state index contributed by atoms with van der Waals surface area (Å²) in [5, 5.41) is 5.64. The molecule has 9 heteroatoms. The maximum Gasteiger partial charge on any atom is 0.341 e. The molecule has 1 atom stereocenters. The lowest BCUT2D eigenvalue weighted by Gasteiger charge is -2.18. The van der Waals surface area contributed by atoms with Gasteiger partial charge in [0.2, 0.25) is 0 Å². The van der Waals surface area contributed by atoms with E-state index in [4.69, 9.17) is 22.1 Å². The molecule has 106 valence electrons. The van der Waals surface area contributed by atoms with Crippen LogP contribution in [0.1, 0.15) is 6.92 Å². The summed E-state index contributed by atoms with van der Waals surface area (Å²) in [4.78, 5) is 25.9. The maximum absolute atomic E-state index is 11.5. The highest BCUT2D eigenvalue weighted by atomic mass is 35.5. The molecule has 0 saturated heterocycles. The van der Waals surface area contributed by atoms with Gasteiger partial charge in [0.25, 0.3) is 0 Å². The average Bonchev–Trinajstić information content (AvgIpc) is 2.38.